The van der Waals surface area contributed by atoms with Crippen LogP contribution in [0.1, 0.15) is 85.3 Å². The summed E-state index contributed by atoms with van der Waals surface area (Å²) in [5.74, 6) is -0.0425. The number of likely N-dealkylation sites (tertiary alicyclic amines) is 2. The van der Waals surface area contributed by atoms with Crippen LogP contribution in [0.4, 0.5) is 18.9 Å². The van der Waals surface area contributed by atoms with Gasteiger partial charge in [0.15, 0.2) is 0 Å². The zero-order valence-electron chi connectivity index (χ0n) is 29.7. The van der Waals surface area contributed by atoms with Crippen LogP contribution in [0.5, 0.6) is 0 Å². The molecule has 10 heteroatoms. The number of anilines is 1. The number of fused-ring (bicyclic) bond motifs is 1. The molecule has 4 fully saturated rings. The predicted octanol–water partition coefficient (Wildman–Crippen LogP) is 8.16. The number of nitrogens with zero attached hydrogens (tertiary/aromatic N) is 4. The molecule has 1 N–H and O–H groups in total. The smallest absolute Gasteiger partial charge is 0.342 e. The van der Waals surface area contributed by atoms with Crippen molar-refractivity contribution in [3.05, 3.63) is 95.1 Å². The van der Waals surface area contributed by atoms with E-state index in [0.717, 1.165) is 69.6 Å². The molecule has 3 aromatic carbocycles. The summed E-state index contributed by atoms with van der Waals surface area (Å²) in [6, 6.07) is 21.3. The third-order valence-corrected chi connectivity index (χ3v) is 11.7. The second-order valence-electron chi connectivity index (χ2n) is 15.4. The van der Waals surface area contributed by atoms with Gasteiger partial charge in [0, 0.05) is 47.8 Å². The molecular formula is C42H46F3N5O2. The van der Waals surface area contributed by atoms with E-state index in [1.165, 1.54) is 25.3 Å². The molecule has 0 spiro atoms. The van der Waals surface area contributed by atoms with E-state index in [1.807, 2.05) is 49.4 Å². The number of benzene rings is 3. The molecule has 2 amide bonds. The van der Waals surface area contributed by atoms with E-state index in [4.69, 9.17) is 4.98 Å². The molecule has 8 rings (SSSR count). The minimum absolute atomic E-state index is 0.0317. The van der Waals surface area contributed by atoms with Gasteiger partial charge >= 0.3 is 6.18 Å². The van der Waals surface area contributed by atoms with E-state index in [0.29, 0.717) is 64.5 Å². The Bertz CT molecular complexity index is 1960. The third-order valence-electron chi connectivity index (χ3n) is 11.7. The van der Waals surface area contributed by atoms with Gasteiger partial charge in [0.1, 0.15) is 0 Å². The van der Waals surface area contributed by atoms with Gasteiger partial charge in [0.25, 0.3) is 5.91 Å². The Morgan fingerprint density at radius 3 is 2.35 bits per heavy atom. The van der Waals surface area contributed by atoms with Crippen molar-refractivity contribution >= 4 is 28.4 Å². The number of alkyl halides is 3. The van der Waals surface area contributed by atoms with Gasteiger partial charge in [-0.05, 0) is 107 Å². The first-order valence-electron chi connectivity index (χ1n) is 18.9. The van der Waals surface area contributed by atoms with Crippen molar-refractivity contribution in [1.82, 2.24) is 20.1 Å². The van der Waals surface area contributed by atoms with E-state index in [-0.39, 0.29) is 17.7 Å². The van der Waals surface area contributed by atoms with Gasteiger partial charge in [-0.25, -0.2) is 4.98 Å². The van der Waals surface area contributed by atoms with Gasteiger partial charge in [0.05, 0.1) is 27.9 Å². The monoisotopic (exact) mass is 709 g/mol. The molecule has 4 aromatic rings. The number of halogens is 3. The number of nitrogens with one attached hydrogen (secondary N) is 1. The van der Waals surface area contributed by atoms with Crippen LogP contribution in [-0.2, 0) is 23.1 Å². The maximum absolute atomic E-state index is 14.9. The Morgan fingerprint density at radius 2 is 1.67 bits per heavy atom. The molecule has 272 valence electrons. The second kappa shape index (κ2) is 13.9. The SMILES string of the molecule is CC1CC(=O)N(c2ccc3nc(-c4cccc(C(F)(F)F)c4)c(CN4CCC(N5CCCCC5)CC4)c(C(=O)NC4(c5ccccc5)CC4)c3c2)C1. The van der Waals surface area contributed by atoms with E-state index in [9.17, 15) is 22.8 Å². The zero-order valence-corrected chi connectivity index (χ0v) is 29.7. The number of hydrogen-bond donors (Lipinski definition) is 1. The summed E-state index contributed by atoms with van der Waals surface area (Å²) in [4.78, 5) is 39.8. The van der Waals surface area contributed by atoms with E-state index in [2.05, 4.69) is 15.1 Å². The van der Waals surface area contributed by atoms with Gasteiger partial charge in [-0.3, -0.25) is 14.5 Å². The van der Waals surface area contributed by atoms with Crippen molar-refractivity contribution in [2.75, 3.05) is 37.6 Å². The lowest BCUT2D eigenvalue weighted by atomic mass is 9.92. The lowest BCUT2D eigenvalue weighted by molar-refractivity contribution is -0.137. The average Bonchev–Trinajstić information content (AvgIpc) is 3.86. The number of rotatable bonds is 8. The number of aromatic nitrogens is 1. The lowest BCUT2D eigenvalue weighted by Gasteiger charge is -2.40. The first-order chi connectivity index (χ1) is 25.1. The molecule has 1 atom stereocenters. The van der Waals surface area contributed by atoms with Crippen molar-refractivity contribution in [3.63, 3.8) is 0 Å². The van der Waals surface area contributed by atoms with Crippen molar-refractivity contribution < 1.29 is 22.8 Å². The number of carbonyl (C=O) groups is 2. The zero-order chi connectivity index (χ0) is 36.0. The number of piperidine rings is 2. The van der Waals surface area contributed by atoms with E-state index in [1.54, 1.807) is 17.0 Å². The van der Waals surface area contributed by atoms with Crippen LogP contribution in [0, 0.1) is 5.92 Å². The fourth-order valence-electron chi connectivity index (χ4n) is 8.69. The minimum atomic E-state index is -4.54. The molecule has 0 bridgehead atoms. The largest absolute Gasteiger partial charge is 0.416 e. The molecule has 1 aliphatic carbocycles. The molecule has 1 saturated carbocycles. The Labute approximate surface area is 303 Å². The summed E-state index contributed by atoms with van der Waals surface area (Å²) in [6.45, 7) is 6.89. The molecule has 4 aliphatic rings. The average molecular weight is 710 g/mol. The van der Waals surface area contributed by atoms with Crippen LogP contribution >= 0.6 is 0 Å². The molecular weight excluding hydrogens is 663 g/mol. The number of amides is 2. The summed E-state index contributed by atoms with van der Waals surface area (Å²) in [7, 11) is 0. The fraction of sp³-hybridized carbons (Fsp3) is 0.452. The minimum Gasteiger partial charge on any atom is -0.342 e. The lowest BCUT2D eigenvalue weighted by Crippen LogP contribution is -2.46. The standard InChI is InChI=1S/C42H46F3N5O2/c1-28-23-37(51)50(26-28)33-13-14-36-34(25-33)38(40(52)47-41(17-18-41)30-10-4-2-5-11-30)35(39(46-36)29-9-8-12-31(24-29)42(43,44)45)27-48-21-15-32(16-22-48)49-19-6-3-7-20-49/h2,4-5,8-14,24-25,28,32H,3,6-7,15-23,26-27H2,1H3,(H,47,52). The second-order valence-corrected chi connectivity index (χ2v) is 15.4. The molecule has 0 radical (unpaired) electrons. The van der Waals surface area contributed by atoms with Crippen molar-refractivity contribution in [2.24, 2.45) is 5.92 Å². The number of carbonyl (C=O) groups excluding carboxylic acids is 2. The Morgan fingerprint density at radius 1 is 0.923 bits per heavy atom. The molecule has 7 nitrogen and oxygen atoms in total. The highest BCUT2D eigenvalue weighted by Crippen LogP contribution is 2.46. The van der Waals surface area contributed by atoms with Crippen molar-refractivity contribution in [1.29, 1.82) is 0 Å². The highest BCUT2D eigenvalue weighted by atomic mass is 19.4. The van der Waals surface area contributed by atoms with Crippen LogP contribution in [0.25, 0.3) is 22.2 Å². The van der Waals surface area contributed by atoms with E-state index >= 15 is 0 Å². The van der Waals surface area contributed by atoms with Gasteiger partial charge in [-0.1, -0.05) is 55.8 Å². The molecule has 52 heavy (non-hydrogen) atoms. The normalized spacial score (nSPS) is 21.5. The summed E-state index contributed by atoms with van der Waals surface area (Å²) < 4.78 is 42.3. The summed E-state index contributed by atoms with van der Waals surface area (Å²) in [5.41, 5.74) is 2.67. The third kappa shape index (κ3) is 6.95. The summed E-state index contributed by atoms with van der Waals surface area (Å²) >= 11 is 0. The van der Waals surface area contributed by atoms with Gasteiger partial charge in [0.2, 0.25) is 5.91 Å². The molecule has 3 saturated heterocycles. The van der Waals surface area contributed by atoms with Crippen LogP contribution in [0.2, 0.25) is 0 Å². The summed E-state index contributed by atoms with van der Waals surface area (Å²) in [6.07, 6.45) is 3.24. The molecule has 4 heterocycles. The van der Waals surface area contributed by atoms with E-state index < -0.39 is 17.3 Å². The Balaban J connectivity index is 1.26. The number of pyridine rings is 1. The predicted molar refractivity (Wildman–Crippen MR) is 197 cm³/mol. The van der Waals surface area contributed by atoms with Crippen LogP contribution in [-0.4, -0.2) is 65.4 Å². The first-order valence-corrected chi connectivity index (χ1v) is 18.9. The van der Waals surface area contributed by atoms with Gasteiger partial charge in [-0.2, -0.15) is 13.2 Å². The summed E-state index contributed by atoms with van der Waals surface area (Å²) in [5, 5.41) is 3.98. The first kappa shape index (κ1) is 34.8. The van der Waals surface area contributed by atoms with Gasteiger partial charge in [-0.15, -0.1) is 0 Å². The highest BCUT2D eigenvalue weighted by Gasteiger charge is 2.46. The molecule has 1 aromatic heterocycles. The Kier molecular flexibility index (Phi) is 9.32. The van der Waals surface area contributed by atoms with Crippen LogP contribution in [0.15, 0.2) is 72.8 Å². The van der Waals surface area contributed by atoms with Crippen molar-refractivity contribution in [3.8, 4) is 11.3 Å². The maximum atomic E-state index is 14.9. The maximum Gasteiger partial charge on any atom is 0.416 e. The quantitative estimate of drug-likeness (QED) is 0.200. The van der Waals surface area contributed by atoms with Gasteiger partial charge < -0.3 is 15.1 Å². The Hall–Kier alpha value is -4.28. The highest BCUT2D eigenvalue weighted by molar-refractivity contribution is 6.11. The van der Waals surface area contributed by atoms with Crippen molar-refractivity contribution in [2.45, 2.75) is 82.6 Å². The molecule has 3 aliphatic heterocycles. The van der Waals surface area contributed by atoms with Crippen LogP contribution in [0.3, 0.4) is 0 Å². The number of hydrogen-bond acceptors (Lipinski definition) is 5. The molecule has 1 unspecified atom stereocenters. The topological polar surface area (TPSA) is 68.8 Å². The van der Waals surface area contributed by atoms with Crippen LogP contribution < -0.4 is 10.2 Å². The fourth-order valence-corrected chi connectivity index (χ4v) is 8.69.